The number of benzene rings is 2. The van der Waals surface area contributed by atoms with E-state index in [9.17, 15) is 9.59 Å². The van der Waals surface area contributed by atoms with Gasteiger partial charge in [-0.05, 0) is 86.8 Å². The van der Waals surface area contributed by atoms with Gasteiger partial charge in [-0.2, -0.15) is 0 Å². The fraction of sp³-hybridized carbons (Fsp3) is 0.459. The van der Waals surface area contributed by atoms with Gasteiger partial charge in [0.05, 0.1) is 22.9 Å². The molecule has 2 aromatic carbocycles. The van der Waals surface area contributed by atoms with Crippen LogP contribution in [0.1, 0.15) is 84.4 Å². The number of nitrogens with zero attached hydrogens (tertiary/aromatic N) is 4. The van der Waals surface area contributed by atoms with Gasteiger partial charge in [0.25, 0.3) is 11.8 Å². The molecule has 3 aliphatic rings. The lowest BCUT2D eigenvalue weighted by atomic mass is 9.90. The zero-order chi connectivity index (χ0) is 35.0. The number of imide groups is 1. The van der Waals surface area contributed by atoms with E-state index >= 15 is 0 Å². The molecule has 4 aromatic rings. The van der Waals surface area contributed by atoms with Crippen LogP contribution in [0.5, 0.6) is 0 Å². The second kappa shape index (κ2) is 12.1. The van der Waals surface area contributed by atoms with Gasteiger partial charge in [0.1, 0.15) is 30.3 Å². The largest absolute Gasteiger partial charge is 0.416 e. The van der Waals surface area contributed by atoms with Gasteiger partial charge in [0.15, 0.2) is 20.3 Å². The molecule has 2 amide bonds. The van der Waals surface area contributed by atoms with Crippen molar-refractivity contribution in [3.8, 4) is 0 Å². The molecule has 0 spiro atoms. The number of ether oxygens (including phenoxy) is 3. The molecule has 0 bridgehead atoms. The highest BCUT2D eigenvalue weighted by atomic mass is 35.5. The lowest BCUT2D eigenvalue weighted by molar-refractivity contribution is -0.201. The van der Waals surface area contributed by atoms with E-state index < -0.39 is 44.7 Å². The number of aromatic nitrogens is 3. The summed E-state index contributed by atoms with van der Waals surface area (Å²) < 4.78 is 28.6. The molecule has 5 heterocycles. The molecule has 2 aromatic heterocycles. The second-order valence-electron chi connectivity index (χ2n) is 15.1. The molecular weight excluding hydrogens is 660 g/mol. The third kappa shape index (κ3) is 5.84. The Balaban J connectivity index is 1.34. The number of carbonyl (C=O) groups excluding carboxylic acids is 2. The summed E-state index contributed by atoms with van der Waals surface area (Å²) in [4.78, 5) is 38.8. The van der Waals surface area contributed by atoms with Crippen LogP contribution in [0.2, 0.25) is 23.2 Å². The number of halogens is 1. The Morgan fingerprint density at radius 1 is 1.00 bits per heavy atom. The van der Waals surface area contributed by atoms with Crippen molar-refractivity contribution in [3.05, 3.63) is 94.0 Å². The van der Waals surface area contributed by atoms with Crippen molar-refractivity contribution in [3.63, 3.8) is 0 Å². The molecular formula is C37H43ClN4O6Si. The average Bonchev–Trinajstić information content (AvgIpc) is 3.75. The van der Waals surface area contributed by atoms with Crippen molar-refractivity contribution >= 4 is 42.8 Å². The van der Waals surface area contributed by atoms with E-state index in [0.717, 1.165) is 22.2 Å². The van der Waals surface area contributed by atoms with Crippen molar-refractivity contribution in [2.75, 3.05) is 6.61 Å². The predicted molar refractivity (Wildman–Crippen MR) is 188 cm³/mol. The van der Waals surface area contributed by atoms with Gasteiger partial charge in [-0.3, -0.25) is 14.5 Å². The van der Waals surface area contributed by atoms with Crippen molar-refractivity contribution < 1.29 is 28.2 Å². The molecule has 0 radical (unpaired) electrons. The van der Waals surface area contributed by atoms with Crippen LogP contribution in [-0.4, -0.2) is 70.3 Å². The van der Waals surface area contributed by atoms with Crippen molar-refractivity contribution in [1.29, 1.82) is 0 Å². The Labute approximate surface area is 292 Å². The minimum absolute atomic E-state index is 0.0350. The zero-order valence-corrected chi connectivity index (χ0v) is 30.9. The van der Waals surface area contributed by atoms with Crippen LogP contribution in [0, 0.1) is 6.92 Å². The van der Waals surface area contributed by atoms with Crippen molar-refractivity contribution in [2.45, 2.75) is 102 Å². The Kier molecular flexibility index (Phi) is 8.40. The number of aryl methyl sites for hydroxylation is 1. The molecule has 258 valence electrons. The van der Waals surface area contributed by atoms with Gasteiger partial charge in [0, 0.05) is 23.2 Å². The normalized spacial score (nSPS) is 24.1. The molecule has 1 unspecified atom stereocenters. The van der Waals surface area contributed by atoms with Gasteiger partial charge in [0.2, 0.25) is 0 Å². The summed E-state index contributed by atoms with van der Waals surface area (Å²) in [5, 5.41) is 1.47. The molecule has 3 aliphatic heterocycles. The molecule has 49 heavy (non-hydrogen) atoms. The number of hydrogen-bond donors (Lipinski definition) is 0. The Hall–Kier alpha value is -3.45. The van der Waals surface area contributed by atoms with E-state index in [1.807, 2.05) is 49.7 Å². The molecule has 0 saturated carbocycles. The predicted octanol–water partition coefficient (Wildman–Crippen LogP) is 7.41. The monoisotopic (exact) mass is 702 g/mol. The highest BCUT2D eigenvalue weighted by molar-refractivity contribution is 6.74. The first-order valence-corrected chi connectivity index (χ1v) is 20.0. The summed E-state index contributed by atoms with van der Waals surface area (Å²) in [7, 11) is -2.06. The Morgan fingerprint density at radius 3 is 2.35 bits per heavy atom. The minimum Gasteiger partial charge on any atom is -0.416 e. The molecule has 2 saturated heterocycles. The topological polar surface area (TPSA) is 105 Å². The maximum Gasteiger partial charge on any atom is 0.262 e. The first-order valence-electron chi connectivity index (χ1n) is 16.8. The highest BCUT2D eigenvalue weighted by Gasteiger charge is 2.60. The van der Waals surface area contributed by atoms with Gasteiger partial charge in [-0.1, -0.05) is 50.6 Å². The zero-order valence-electron chi connectivity index (χ0n) is 29.2. The SMILES string of the molecule is Cc1ncnc2c1ccn2[C@@H]1O[C@H](C(c2ccc(Cl)cc2CCO[Si](C)(C)C(C)(C)C)N2C(=O)c3ccccc3C2=O)[C@H]2OC(C)(C)O[C@H]21. The summed E-state index contributed by atoms with van der Waals surface area (Å²) in [5.74, 6) is -1.73. The molecule has 2 fully saturated rings. The van der Waals surface area contributed by atoms with Crippen molar-refractivity contribution in [1.82, 2.24) is 19.4 Å². The highest BCUT2D eigenvalue weighted by Crippen LogP contribution is 2.50. The fourth-order valence-corrected chi connectivity index (χ4v) is 8.26. The number of fused-ring (bicyclic) bond motifs is 3. The van der Waals surface area contributed by atoms with Crippen LogP contribution in [0.15, 0.2) is 61.1 Å². The number of rotatable bonds is 8. The first kappa shape index (κ1) is 34.0. The van der Waals surface area contributed by atoms with E-state index in [4.69, 9.17) is 30.2 Å². The molecule has 12 heteroatoms. The van der Waals surface area contributed by atoms with E-state index in [2.05, 4.69) is 43.8 Å². The average molecular weight is 703 g/mol. The van der Waals surface area contributed by atoms with E-state index in [1.54, 1.807) is 30.3 Å². The lowest BCUT2D eigenvalue weighted by Crippen LogP contribution is -2.46. The summed E-state index contributed by atoms with van der Waals surface area (Å²) in [6, 6.07) is 13.6. The standard InChI is InChI=1S/C37H43ClN4O6Si/c1-21-24-15-17-41(32(24)40-20-39-21)35-31-30(47-37(5,6)48-31)29(46-35)28(42-33(43)26-11-9-10-12-27(26)34(42)44)25-14-13-23(38)19-22(25)16-18-45-49(7,8)36(2,3)4/h9-15,17,19-20,28-31,35H,16,18H2,1-8H3/t28?,29-,30-,31-,35-/m1/s1. The van der Waals surface area contributed by atoms with Gasteiger partial charge in [-0.15, -0.1) is 0 Å². The third-order valence-electron chi connectivity index (χ3n) is 10.5. The quantitative estimate of drug-likeness (QED) is 0.138. The summed E-state index contributed by atoms with van der Waals surface area (Å²) in [6.45, 7) is 17.2. The Bertz CT molecular complexity index is 1920. The minimum atomic E-state index is -2.06. The number of amides is 2. The molecule has 0 N–H and O–H groups in total. The maximum atomic E-state index is 14.3. The van der Waals surface area contributed by atoms with Gasteiger partial charge >= 0.3 is 0 Å². The number of hydrogen-bond acceptors (Lipinski definition) is 8. The fourth-order valence-electron chi connectivity index (χ4n) is 7.02. The van der Waals surface area contributed by atoms with Crippen molar-refractivity contribution in [2.24, 2.45) is 0 Å². The first-order chi connectivity index (χ1) is 23.1. The summed E-state index contributed by atoms with van der Waals surface area (Å²) in [6.07, 6.45) is 1.28. The molecule has 0 aliphatic carbocycles. The second-order valence-corrected chi connectivity index (χ2v) is 20.4. The van der Waals surface area contributed by atoms with Crippen LogP contribution in [-0.2, 0) is 25.1 Å². The lowest BCUT2D eigenvalue weighted by Gasteiger charge is -2.37. The van der Waals surface area contributed by atoms with Crippen LogP contribution in [0.4, 0.5) is 0 Å². The van der Waals surface area contributed by atoms with Gasteiger partial charge in [-0.25, -0.2) is 9.97 Å². The smallest absolute Gasteiger partial charge is 0.262 e. The summed E-state index contributed by atoms with van der Waals surface area (Å²) >= 11 is 6.63. The van der Waals surface area contributed by atoms with Crippen LogP contribution >= 0.6 is 11.6 Å². The Morgan fingerprint density at radius 2 is 1.67 bits per heavy atom. The van der Waals surface area contributed by atoms with Crippen LogP contribution < -0.4 is 0 Å². The van der Waals surface area contributed by atoms with Crippen LogP contribution in [0.3, 0.4) is 0 Å². The number of carbonyl (C=O) groups is 2. The maximum absolute atomic E-state index is 14.3. The molecule has 10 nitrogen and oxygen atoms in total. The van der Waals surface area contributed by atoms with E-state index in [-0.39, 0.29) is 16.9 Å². The van der Waals surface area contributed by atoms with E-state index in [1.165, 1.54) is 11.2 Å². The van der Waals surface area contributed by atoms with Crippen LogP contribution in [0.25, 0.3) is 11.0 Å². The summed E-state index contributed by atoms with van der Waals surface area (Å²) in [5.41, 5.74) is 3.85. The molecule has 5 atom stereocenters. The van der Waals surface area contributed by atoms with E-state index in [0.29, 0.717) is 34.8 Å². The third-order valence-corrected chi connectivity index (χ3v) is 15.3. The van der Waals surface area contributed by atoms with Gasteiger partial charge < -0.3 is 23.2 Å². The molecule has 7 rings (SSSR count).